The SMILES string of the molecule is CCOc1ccc(NC(=O)Cn2cc(C(C)O)nn2)cc1. The highest BCUT2D eigenvalue weighted by molar-refractivity contribution is 5.90. The molecule has 0 saturated carbocycles. The Balaban J connectivity index is 1.91. The minimum absolute atomic E-state index is 0.0347. The maximum Gasteiger partial charge on any atom is 0.246 e. The molecular formula is C14H18N4O3. The summed E-state index contributed by atoms with van der Waals surface area (Å²) in [6, 6.07) is 7.12. The lowest BCUT2D eigenvalue weighted by Gasteiger charge is -2.07. The number of anilines is 1. The Morgan fingerprint density at radius 2 is 2.14 bits per heavy atom. The first-order valence-electron chi connectivity index (χ1n) is 6.69. The lowest BCUT2D eigenvalue weighted by Crippen LogP contribution is -2.19. The Labute approximate surface area is 122 Å². The predicted octanol–water partition coefficient (Wildman–Crippen LogP) is 1.37. The van der Waals surface area contributed by atoms with Crippen molar-refractivity contribution >= 4 is 11.6 Å². The second-order valence-corrected chi connectivity index (χ2v) is 4.52. The summed E-state index contributed by atoms with van der Waals surface area (Å²) in [5.74, 6) is 0.537. The average molecular weight is 290 g/mol. The summed E-state index contributed by atoms with van der Waals surface area (Å²) in [4.78, 5) is 11.9. The number of aliphatic hydroxyl groups excluding tert-OH is 1. The molecule has 7 heteroatoms. The second-order valence-electron chi connectivity index (χ2n) is 4.52. The third kappa shape index (κ3) is 4.28. The van der Waals surface area contributed by atoms with E-state index in [0.29, 0.717) is 18.0 Å². The van der Waals surface area contributed by atoms with E-state index in [1.807, 2.05) is 6.92 Å². The number of carbonyl (C=O) groups excluding carboxylic acids is 1. The highest BCUT2D eigenvalue weighted by Crippen LogP contribution is 2.15. The fourth-order valence-electron chi connectivity index (χ4n) is 1.73. The lowest BCUT2D eigenvalue weighted by atomic mass is 10.3. The fraction of sp³-hybridized carbons (Fsp3) is 0.357. The van der Waals surface area contributed by atoms with Gasteiger partial charge in [0.2, 0.25) is 5.91 Å². The molecule has 0 aliphatic rings. The van der Waals surface area contributed by atoms with Gasteiger partial charge < -0.3 is 15.2 Å². The Morgan fingerprint density at radius 1 is 1.43 bits per heavy atom. The van der Waals surface area contributed by atoms with Crippen molar-refractivity contribution in [2.75, 3.05) is 11.9 Å². The molecule has 21 heavy (non-hydrogen) atoms. The number of hydrogen-bond donors (Lipinski definition) is 2. The van der Waals surface area contributed by atoms with Crippen molar-refractivity contribution in [3.63, 3.8) is 0 Å². The van der Waals surface area contributed by atoms with E-state index in [-0.39, 0.29) is 12.5 Å². The highest BCUT2D eigenvalue weighted by Gasteiger charge is 2.09. The van der Waals surface area contributed by atoms with Crippen LogP contribution in [0.4, 0.5) is 5.69 Å². The van der Waals surface area contributed by atoms with Crippen LogP contribution in [0.1, 0.15) is 25.6 Å². The van der Waals surface area contributed by atoms with Crippen LogP contribution in [0.2, 0.25) is 0 Å². The van der Waals surface area contributed by atoms with E-state index in [9.17, 15) is 9.90 Å². The molecule has 1 aromatic heterocycles. The van der Waals surface area contributed by atoms with Crippen LogP contribution in [0.25, 0.3) is 0 Å². The zero-order chi connectivity index (χ0) is 15.2. The zero-order valence-electron chi connectivity index (χ0n) is 12.0. The maximum atomic E-state index is 11.9. The topological polar surface area (TPSA) is 89.3 Å². The van der Waals surface area contributed by atoms with Crippen molar-refractivity contribution in [1.82, 2.24) is 15.0 Å². The molecule has 0 bridgehead atoms. The number of ether oxygens (including phenoxy) is 1. The normalized spacial score (nSPS) is 12.0. The van der Waals surface area contributed by atoms with Crippen LogP contribution in [0.5, 0.6) is 5.75 Å². The molecule has 0 fully saturated rings. The summed E-state index contributed by atoms with van der Waals surface area (Å²) >= 11 is 0. The van der Waals surface area contributed by atoms with Crippen LogP contribution in [-0.2, 0) is 11.3 Å². The molecule has 7 nitrogen and oxygen atoms in total. The monoisotopic (exact) mass is 290 g/mol. The van der Waals surface area contributed by atoms with Crippen molar-refractivity contribution in [3.05, 3.63) is 36.2 Å². The van der Waals surface area contributed by atoms with Gasteiger partial charge >= 0.3 is 0 Å². The Bertz CT molecular complexity index is 593. The summed E-state index contributed by atoms with van der Waals surface area (Å²) in [6.07, 6.45) is 0.843. The number of nitrogens with one attached hydrogen (secondary N) is 1. The van der Waals surface area contributed by atoms with E-state index in [1.165, 1.54) is 4.68 Å². The number of benzene rings is 1. The number of aromatic nitrogens is 3. The second kappa shape index (κ2) is 6.85. The third-order valence-corrected chi connectivity index (χ3v) is 2.74. The van der Waals surface area contributed by atoms with Crippen LogP contribution in [-0.4, -0.2) is 32.6 Å². The summed E-state index contributed by atoms with van der Waals surface area (Å²) in [7, 11) is 0. The van der Waals surface area contributed by atoms with Crippen LogP contribution in [0.3, 0.4) is 0 Å². The summed E-state index contributed by atoms with van der Waals surface area (Å²) < 4.78 is 6.71. The number of nitrogens with zero attached hydrogens (tertiary/aromatic N) is 3. The van der Waals surface area contributed by atoms with E-state index in [4.69, 9.17) is 4.74 Å². The predicted molar refractivity (Wildman–Crippen MR) is 76.9 cm³/mol. The Morgan fingerprint density at radius 3 is 2.71 bits per heavy atom. The lowest BCUT2D eigenvalue weighted by molar-refractivity contribution is -0.116. The number of hydrogen-bond acceptors (Lipinski definition) is 5. The third-order valence-electron chi connectivity index (χ3n) is 2.74. The van der Waals surface area contributed by atoms with E-state index in [0.717, 1.165) is 5.75 Å². The van der Waals surface area contributed by atoms with Gasteiger partial charge in [0, 0.05) is 5.69 Å². The molecule has 0 aliphatic heterocycles. The minimum atomic E-state index is -0.701. The highest BCUT2D eigenvalue weighted by atomic mass is 16.5. The smallest absolute Gasteiger partial charge is 0.246 e. The van der Waals surface area contributed by atoms with Gasteiger partial charge in [-0.25, -0.2) is 4.68 Å². The van der Waals surface area contributed by atoms with Gasteiger partial charge in [0.05, 0.1) is 18.9 Å². The molecule has 1 aromatic carbocycles. The molecule has 1 heterocycles. The van der Waals surface area contributed by atoms with E-state index in [1.54, 1.807) is 37.4 Å². The van der Waals surface area contributed by atoms with Gasteiger partial charge in [0.25, 0.3) is 0 Å². The molecule has 0 aliphatic carbocycles. The van der Waals surface area contributed by atoms with Crippen LogP contribution in [0.15, 0.2) is 30.5 Å². The first-order chi connectivity index (χ1) is 10.1. The number of amides is 1. The average Bonchev–Trinajstić information content (AvgIpc) is 2.90. The van der Waals surface area contributed by atoms with Crippen LogP contribution in [0, 0.1) is 0 Å². The molecular weight excluding hydrogens is 272 g/mol. The van der Waals surface area contributed by atoms with E-state index < -0.39 is 6.10 Å². The Kier molecular flexibility index (Phi) is 4.89. The van der Waals surface area contributed by atoms with Crippen LogP contribution >= 0.6 is 0 Å². The van der Waals surface area contributed by atoms with Crippen molar-refractivity contribution in [2.45, 2.75) is 26.5 Å². The molecule has 2 N–H and O–H groups in total. The zero-order valence-corrected chi connectivity index (χ0v) is 12.0. The maximum absolute atomic E-state index is 11.9. The standard InChI is InChI=1S/C14H18N4O3/c1-3-21-12-6-4-11(5-7-12)15-14(20)9-18-8-13(10(2)19)16-17-18/h4-8,10,19H,3,9H2,1-2H3,(H,15,20). The van der Waals surface area contributed by atoms with Gasteiger partial charge in [-0.1, -0.05) is 5.21 Å². The molecule has 0 radical (unpaired) electrons. The fourth-order valence-corrected chi connectivity index (χ4v) is 1.73. The first-order valence-corrected chi connectivity index (χ1v) is 6.69. The first kappa shape index (κ1) is 15.0. The quantitative estimate of drug-likeness (QED) is 0.838. The molecule has 0 spiro atoms. The van der Waals surface area contributed by atoms with E-state index in [2.05, 4.69) is 15.6 Å². The molecule has 112 valence electrons. The molecule has 2 rings (SSSR count). The largest absolute Gasteiger partial charge is 0.494 e. The number of carbonyl (C=O) groups is 1. The van der Waals surface area contributed by atoms with Gasteiger partial charge in [0.15, 0.2) is 0 Å². The van der Waals surface area contributed by atoms with Crippen LogP contribution < -0.4 is 10.1 Å². The minimum Gasteiger partial charge on any atom is -0.494 e. The molecule has 1 unspecified atom stereocenters. The summed E-state index contributed by atoms with van der Waals surface area (Å²) in [5, 5.41) is 19.7. The van der Waals surface area contributed by atoms with Crippen molar-refractivity contribution in [2.24, 2.45) is 0 Å². The molecule has 1 atom stereocenters. The van der Waals surface area contributed by atoms with Crippen molar-refractivity contribution in [1.29, 1.82) is 0 Å². The molecule has 2 aromatic rings. The van der Waals surface area contributed by atoms with Gasteiger partial charge in [-0.15, -0.1) is 5.10 Å². The number of rotatable bonds is 6. The number of aliphatic hydroxyl groups is 1. The van der Waals surface area contributed by atoms with Gasteiger partial charge in [-0.3, -0.25) is 4.79 Å². The van der Waals surface area contributed by atoms with Crippen molar-refractivity contribution in [3.8, 4) is 5.75 Å². The van der Waals surface area contributed by atoms with Gasteiger partial charge in [-0.2, -0.15) is 0 Å². The van der Waals surface area contributed by atoms with Gasteiger partial charge in [-0.05, 0) is 38.1 Å². The van der Waals surface area contributed by atoms with Gasteiger partial charge in [0.1, 0.15) is 18.0 Å². The Hall–Kier alpha value is -2.41. The van der Waals surface area contributed by atoms with E-state index >= 15 is 0 Å². The molecule has 0 saturated heterocycles. The van der Waals surface area contributed by atoms with Crippen molar-refractivity contribution < 1.29 is 14.6 Å². The molecule has 1 amide bonds. The summed E-state index contributed by atoms with van der Waals surface area (Å²) in [6.45, 7) is 4.14. The summed E-state index contributed by atoms with van der Waals surface area (Å²) in [5.41, 5.74) is 1.11.